The molecule has 0 aromatic heterocycles. The van der Waals surface area contributed by atoms with E-state index in [4.69, 9.17) is 17.0 Å². The predicted molar refractivity (Wildman–Crippen MR) is 166 cm³/mol. The number of amides is 4. The molecule has 4 amide bonds. The number of unbranched alkanes of at least 4 members (excludes halogenated alkanes) is 2. The Balaban J connectivity index is 1.66. The first kappa shape index (κ1) is 33.5. The number of thiocarbonyl (C=S) groups is 1. The Morgan fingerprint density at radius 1 is 1.05 bits per heavy atom. The molecule has 3 rings (SSSR count). The second kappa shape index (κ2) is 16.0. The van der Waals surface area contributed by atoms with Crippen LogP contribution in [0.4, 0.5) is 0 Å². The molecule has 3 unspecified atom stereocenters. The molecule has 1 aromatic carbocycles. The highest BCUT2D eigenvalue weighted by atomic mass is 32.2. The van der Waals surface area contributed by atoms with Gasteiger partial charge in [0.1, 0.15) is 29.4 Å². The van der Waals surface area contributed by atoms with Crippen molar-refractivity contribution < 1.29 is 28.7 Å². The molecule has 12 heteroatoms. The molecular formula is C30H42N4O6S2. The third kappa shape index (κ3) is 9.79. The van der Waals surface area contributed by atoms with E-state index in [9.17, 15) is 24.0 Å². The molecule has 42 heavy (non-hydrogen) atoms. The Morgan fingerprint density at radius 2 is 1.79 bits per heavy atom. The summed E-state index contributed by atoms with van der Waals surface area (Å²) in [7, 11) is 0. The molecular weight excluding hydrogens is 576 g/mol. The van der Waals surface area contributed by atoms with E-state index in [0.717, 1.165) is 5.56 Å². The van der Waals surface area contributed by atoms with Crippen molar-refractivity contribution >= 4 is 57.8 Å². The second-order valence-electron chi connectivity index (χ2n) is 11.2. The number of ether oxygens (including phenoxy) is 1. The monoisotopic (exact) mass is 618 g/mol. The lowest BCUT2D eigenvalue weighted by molar-refractivity contribution is -0.144. The highest BCUT2D eigenvalue weighted by Gasteiger charge is 2.42. The quantitative estimate of drug-likeness (QED) is 0.255. The highest BCUT2D eigenvalue weighted by Crippen LogP contribution is 2.22. The fourth-order valence-electron chi connectivity index (χ4n) is 5.10. The van der Waals surface area contributed by atoms with E-state index in [1.165, 1.54) is 16.7 Å². The third-order valence-corrected chi connectivity index (χ3v) is 8.71. The van der Waals surface area contributed by atoms with Gasteiger partial charge in [-0.25, -0.2) is 0 Å². The smallest absolute Gasteiger partial charge is 0.246 e. The normalized spacial score (nSPS) is 22.6. The summed E-state index contributed by atoms with van der Waals surface area (Å²) in [5, 5.41) is 8.50. The molecule has 0 aliphatic carbocycles. The Bertz CT molecular complexity index is 1150. The third-order valence-electron chi connectivity index (χ3n) is 7.42. The molecule has 3 atom stereocenters. The lowest BCUT2D eigenvalue weighted by Gasteiger charge is -2.34. The van der Waals surface area contributed by atoms with E-state index in [-0.39, 0.29) is 29.8 Å². The van der Waals surface area contributed by atoms with E-state index >= 15 is 0 Å². The van der Waals surface area contributed by atoms with E-state index in [2.05, 4.69) is 16.0 Å². The molecule has 10 nitrogen and oxygen atoms in total. The number of hydrogen-bond donors (Lipinski definition) is 3. The number of Topliss-reactive ketones (excluding diaryl/α,β-unsaturated/α-hetero) is 1. The number of thioether (sulfide) groups is 1. The summed E-state index contributed by atoms with van der Waals surface area (Å²) in [6.45, 7) is 5.86. The SMILES string of the molecule is CCOC(=S)SCC(=O)CCCCCC1NC(=O)C2CCCN2C(=O)C(Cc2ccccc2)NC(=O)C(C)(C)NC1=O. The molecule has 0 saturated carbocycles. The average Bonchev–Trinajstić information content (AvgIpc) is 3.44. The number of hydrogen-bond acceptors (Lipinski definition) is 8. The van der Waals surface area contributed by atoms with E-state index in [1.54, 1.807) is 13.8 Å². The van der Waals surface area contributed by atoms with Gasteiger partial charge in [0.2, 0.25) is 28.0 Å². The summed E-state index contributed by atoms with van der Waals surface area (Å²) < 4.78 is 5.54. The molecule has 0 radical (unpaired) electrons. The maximum atomic E-state index is 13.7. The summed E-state index contributed by atoms with van der Waals surface area (Å²) in [6, 6.07) is 6.90. The Hall–Kier alpha value is -2.99. The fourth-order valence-corrected chi connectivity index (χ4v) is 6.02. The summed E-state index contributed by atoms with van der Waals surface area (Å²) in [5.74, 6) is -1.29. The summed E-state index contributed by atoms with van der Waals surface area (Å²) in [6.07, 6.45) is 4.05. The number of fused-ring (bicyclic) bond motifs is 1. The second-order valence-corrected chi connectivity index (χ2v) is 12.8. The van der Waals surface area contributed by atoms with Crippen LogP contribution in [0.15, 0.2) is 30.3 Å². The van der Waals surface area contributed by atoms with Crippen LogP contribution >= 0.6 is 24.0 Å². The van der Waals surface area contributed by atoms with Crippen molar-refractivity contribution in [3.05, 3.63) is 35.9 Å². The minimum atomic E-state index is -1.33. The van der Waals surface area contributed by atoms with Crippen molar-refractivity contribution in [1.29, 1.82) is 0 Å². The zero-order valence-corrected chi connectivity index (χ0v) is 26.2. The van der Waals surface area contributed by atoms with Crippen molar-refractivity contribution in [3.63, 3.8) is 0 Å². The van der Waals surface area contributed by atoms with Crippen LogP contribution < -0.4 is 16.0 Å². The Labute approximate surface area is 257 Å². The first-order valence-electron chi connectivity index (χ1n) is 14.6. The Kier molecular flexibility index (Phi) is 12.8. The van der Waals surface area contributed by atoms with Crippen molar-refractivity contribution in [1.82, 2.24) is 20.9 Å². The number of nitrogens with zero attached hydrogens (tertiary/aromatic N) is 1. The molecule has 2 aliphatic rings. The molecule has 2 saturated heterocycles. The topological polar surface area (TPSA) is 134 Å². The van der Waals surface area contributed by atoms with Gasteiger partial charge in [0, 0.05) is 19.4 Å². The number of benzene rings is 1. The Morgan fingerprint density at radius 3 is 2.50 bits per heavy atom. The molecule has 230 valence electrons. The zero-order valence-electron chi connectivity index (χ0n) is 24.6. The van der Waals surface area contributed by atoms with Gasteiger partial charge in [-0.1, -0.05) is 54.9 Å². The molecule has 2 fully saturated rings. The number of nitrogens with one attached hydrogen (secondary N) is 3. The van der Waals surface area contributed by atoms with Crippen molar-refractivity contribution in [2.45, 2.75) is 95.8 Å². The van der Waals surface area contributed by atoms with E-state index in [1.807, 2.05) is 37.3 Å². The van der Waals surface area contributed by atoms with Crippen LogP contribution in [0.2, 0.25) is 0 Å². The van der Waals surface area contributed by atoms with E-state index in [0.29, 0.717) is 62.5 Å². The van der Waals surface area contributed by atoms with Crippen LogP contribution in [0.5, 0.6) is 0 Å². The maximum absolute atomic E-state index is 13.7. The average molecular weight is 619 g/mol. The van der Waals surface area contributed by atoms with Crippen molar-refractivity contribution in [3.8, 4) is 0 Å². The van der Waals surface area contributed by atoms with Crippen LogP contribution in [0.1, 0.15) is 71.3 Å². The van der Waals surface area contributed by atoms with Gasteiger partial charge in [-0.2, -0.15) is 0 Å². The van der Waals surface area contributed by atoms with Crippen molar-refractivity contribution in [2.24, 2.45) is 0 Å². The zero-order chi connectivity index (χ0) is 30.7. The van der Waals surface area contributed by atoms with Crippen LogP contribution in [0.25, 0.3) is 0 Å². The summed E-state index contributed by atoms with van der Waals surface area (Å²) in [5.41, 5.74) is -0.454. The van der Waals surface area contributed by atoms with Crippen LogP contribution in [0, 0.1) is 0 Å². The summed E-state index contributed by atoms with van der Waals surface area (Å²) >= 11 is 6.25. The molecule has 1 aromatic rings. The minimum Gasteiger partial charge on any atom is -0.479 e. The molecule has 2 heterocycles. The molecule has 0 bridgehead atoms. The number of carbonyl (C=O) groups excluding carboxylic acids is 5. The van der Waals surface area contributed by atoms with Gasteiger partial charge in [0.25, 0.3) is 0 Å². The first-order valence-corrected chi connectivity index (χ1v) is 16.0. The number of ketones is 1. The summed E-state index contributed by atoms with van der Waals surface area (Å²) in [4.78, 5) is 67.6. The van der Waals surface area contributed by atoms with Gasteiger partial charge in [-0.3, -0.25) is 24.0 Å². The van der Waals surface area contributed by atoms with Crippen LogP contribution in [-0.4, -0.2) is 81.3 Å². The van der Waals surface area contributed by atoms with Crippen molar-refractivity contribution in [2.75, 3.05) is 18.9 Å². The molecule has 3 N–H and O–H groups in total. The predicted octanol–water partition coefficient (Wildman–Crippen LogP) is 2.67. The number of rotatable bonds is 11. The molecule has 2 aliphatic heterocycles. The first-order chi connectivity index (χ1) is 20.0. The van der Waals surface area contributed by atoms with Gasteiger partial charge in [-0.15, -0.1) is 0 Å². The van der Waals surface area contributed by atoms with Crippen LogP contribution in [-0.2, 0) is 35.1 Å². The minimum absolute atomic E-state index is 0.0726. The van der Waals surface area contributed by atoms with Gasteiger partial charge < -0.3 is 25.6 Å². The van der Waals surface area contributed by atoms with E-state index < -0.39 is 35.5 Å². The maximum Gasteiger partial charge on any atom is 0.246 e. The largest absolute Gasteiger partial charge is 0.479 e. The van der Waals surface area contributed by atoms with Gasteiger partial charge in [-0.05, 0) is 64.2 Å². The van der Waals surface area contributed by atoms with Gasteiger partial charge in [0.15, 0.2) is 0 Å². The fraction of sp³-hybridized carbons (Fsp3) is 0.600. The standard InChI is InChI=1S/C30H42N4O6S2/c1-4-40-29(41)42-19-21(35)14-9-6-10-15-22-25(36)33-30(2,3)28(39)32-23(18-20-12-7-5-8-13-20)27(38)34-17-11-16-24(34)26(37)31-22/h5,7-8,12-13,22-24H,4,6,9-11,14-19H2,1-3H3,(H,31,37)(H,32,39)(H,33,36). The number of carbonyl (C=O) groups is 5. The lowest BCUT2D eigenvalue weighted by Crippen LogP contribution is -2.64. The van der Waals surface area contributed by atoms with Crippen LogP contribution in [0.3, 0.4) is 0 Å². The van der Waals surface area contributed by atoms with Gasteiger partial charge >= 0.3 is 0 Å². The molecule has 0 spiro atoms. The lowest BCUT2D eigenvalue weighted by atomic mass is 9.98. The highest BCUT2D eigenvalue weighted by molar-refractivity contribution is 8.23. The van der Waals surface area contributed by atoms with Gasteiger partial charge in [0.05, 0.1) is 12.4 Å².